The summed E-state index contributed by atoms with van der Waals surface area (Å²) in [7, 11) is 0. The first kappa shape index (κ1) is 11.1. The molecule has 1 atom stereocenters. The monoisotopic (exact) mass is 221 g/mol. The lowest BCUT2D eigenvalue weighted by molar-refractivity contribution is 0.752. The maximum absolute atomic E-state index is 5.89. The summed E-state index contributed by atoms with van der Waals surface area (Å²) >= 11 is 0. The molecule has 1 aromatic heterocycles. The molecule has 88 valence electrons. The number of hydrogen-bond acceptors (Lipinski definition) is 5. The molecule has 0 unspecified atom stereocenters. The van der Waals surface area contributed by atoms with Gasteiger partial charge in [0.25, 0.3) is 0 Å². The highest BCUT2D eigenvalue weighted by Crippen LogP contribution is 2.20. The van der Waals surface area contributed by atoms with Crippen molar-refractivity contribution in [1.82, 2.24) is 10.2 Å². The largest absolute Gasteiger partial charge is 0.369 e. The van der Waals surface area contributed by atoms with Crippen molar-refractivity contribution in [3.05, 3.63) is 12.3 Å². The predicted octanol–water partition coefficient (Wildman–Crippen LogP) is 0.836. The van der Waals surface area contributed by atoms with Gasteiger partial charge in [-0.1, -0.05) is 6.92 Å². The van der Waals surface area contributed by atoms with Crippen molar-refractivity contribution in [3.63, 3.8) is 0 Å². The third kappa shape index (κ3) is 2.61. The van der Waals surface area contributed by atoms with Gasteiger partial charge >= 0.3 is 0 Å². The molecule has 0 bridgehead atoms. The van der Waals surface area contributed by atoms with Crippen LogP contribution in [0.3, 0.4) is 0 Å². The molecular formula is C11H19N5. The molecule has 2 rings (SSSR count). The first-order valence-electron chi connectivity index (χ1n) is 5.86. The maximum Gasteiger partial charge on any atom is 0.150 e. The van der Waals surface area contributed by atoms with Crippen molar-refractivity contribution in [2.45, 2.75) is 25.8 Å². The van der Waals surface area contributed by atoms with Crippen molar-refractivity contribution < 1.29 is 0 Å². The minimum absolute atomic E-state index is 0.292. The molecule has 1 aliphatic heterocycles. The molecule has 1 saturated heterocycles. The average Bonchev–Trinajstić information content (AvgIpc) is 2.74. The van der Waals surface area contributed by atoms with Gasteiger partial charge in [-0.2, -0.15) is 5.10 Å². The van der Waals surface area contributed by atoms with Crippen LogP contribution < -0.4 is 16.0 Å². The van der Waals surface area contributed by atoms with Crippen LogP contribution in [0.5, 0.6) is 0 Å². The Morgan fingerprint density at radius 1 is 1.62 bits per heavy atom. The van der Waals surface area contributed by atoms with Gasteiger partial charge in [0.1, 0.15) is 0 Å². The molecule has 0 aromatic carbocycles. The van der Waals surface area contributed by atoms with E-state index in [0.29, 0.717) is 6.04 Å². The van der Waals surface area contributed by atoms with Crippen LogP contribution in [-0.2, 0) is 0 Å². The van der Waals surface area contributed by atoms with Crippen molar-refractivity contribution in [2.75, 3.05) is 29.9 Å². The summed E-state index contributed by atoms with van der Waals surface area (Å²) in [6.07, 6.45) is 3.94. The highest BCUT2D eigenvalue weighted by atomic mass is 15.2. The van der Waals surface area contributed by atoms with E-state index in [1.807, 2.05) is 6.07 Å². The van der Waals surface area contributed by atoms with Gasteiger partial charge in [-0.25, -0.2) is 0 Å². The lowest BCUT2D eigenvalue weighted by Gasteiger charge is -2.17. The first-order chi connectivity index (χ1) is 7.79. The van der Waals surface area contributed by atoms with E-state index >= 15 is 0 Å². The molecule has 5 nitrogen and oxygen atoms in total. The van der Waals surface area contributed by atoms with E-state index in [1.165, 1.54) is 0 Å². The Kier molecular flexibility index (Phi) is 3.56. The van der Waals surface area contributed by atoms with Crippen LogP contribution in [0, 0.1) is 0 Å². The lowest BCUT2D eigenvalue weighted by atomic mass is 10.3. The Morgan fingerprint density at radius 3 is 3.19 bits per heavy atom. The normalized spacial score (nSPS) is 20.1. The van der Waals surface area contributed by atoms with Gasteiger partial charge in [0, 0.05) is 31.7 Å². The number of rotatable bonds is 4. The highest BCUT2D eigenvalue weighted by molar-refractivity contribution is 5.52. The molecule has 0 aliphatic carbocycles. The van der Waals surface area contributed by atoms with E-state index in [1.54, 1.807) is 6.20 Å². The standard InChI is InChI=1S/C11H19N5/c1-2-4-13-11-6-10(7-14-15-11)16-5-3-9(12)8-16/h6-7,9H,2-5,8,12H2,1H3,(H,13,15)/t9-/m0/s1. The van der Waals surface area contributed by atoms with Gasteiger partial charge < -0.3 is 16.0 Å². The molecule has 0 saturated carbocycles. The molecule has 5 heteroatoms. The second kappa shape index (κ2) is 5.12. The minimum atomic E-state index is 0.292. The molecule has 1 aromatic rings. The third-order valence-electron chi connectivity index (χ3n) is 2.79. The molecule has 16 heavy (non-hydrogen) atoms. The number of hydrogen-bond donors (Lipinski definition) is 2. The fourth-order valence-electron chi connectivity index (χ4n) is 1.89. The zero-order valence-electron chi connectivity index (χ0n) is 9.69. The summed E-state index contributed by atoms with van der Waals surface area (Å²) < 4.78 is 0. The van der Waals surface area contributed by atoms with E-state index in [-0.39, 0.29) is 0 Å². The Morgan fingerprint density at radius 2 is 2.50 bits per heavy atom. The fourth-order valence-corrected chi connectivity index (χ4v) is 1.89. The molecule has 2 heterocycles. The molecule has 3 N–H and O–H groups in total. The van der Waals surface area contributed by atoms with Crippen LogP contribution in [0.1, 0.15) is 19.8 Å². The van der Waals surface area contributed by atoms with Crippen molar-refractivity contribution >= 4 is 11.5 Å². The Hall–Kier alpha value is -1.36. The number of nitrogens with zero attached hydrogens (tertiary/aromatic N) is 3. The van der Waals surface area contributed by atoms with Crippen LogP contribution in [0.4, 0.5) is 11.5 Å². The molecule has 1 aliphatic rings. The molecule has 0 amide bonds. The van der Waals surface area contributed by atoms with E-state index in [2.05, 4.69) is 27.3 Å². The maximum atomic E-state index is 5.89. The molecule has 1 fully saturated rings. The zero-order chi connectivity index (χ0) is 11.4. The van der Waals surface area contributed by atoms with E-state index in [9.17, 15) is 0 Å². The van der Waals surface area contributed by atoms with E-state index in [4.69, 9.17) is 5.73 Å². The van der Waals surface area contributed by atoms with Gasteiger partial charge in [-0.3, -0.25) is 0 Å². The van der Waals surface area contributed by atoms with Crippen LogP contribution in [-0.4, -0.2) is 35.9 Å². The number of aromatic nitrogens is 2. The Balaban J connectivity index is 2.04. The Labute approximate surface area is 96.0 Å². The summed E-state index contributed by atoms with van der Waals surface area (Å²) in [4.78, 5) is 2.26. The zero-order valence-corrected chi connectivity index (χ0v) is 9.69. The van der Waals surface area contributed by atoms with Gasteiger partial charge in [0.15, 0.2) is 5.82 Å². The number of nitrogens with one attached hydrogen (secondary N) is 1. The smallest absolute Gasteiger partial charge is 0.150 e. The molecule has 0 radical (unpaired) electrons. The second-order valence-electron chi connectivity index (χ2n) is 4.22. The van der Waals surface area contributed by atoms with Crippen LogP contribution in [0.2, 0.25) is 0 Å². The van der Waals surface area contributed by atoms with Crippen molar-refractivity contribution in [3.8, 4) is 0 Å². The van der Waals surface area contributed by atoms with Gasteiger partial charge in [0.2, 0.25) is 0 Å². The topological polar surface area (TPSA) is 67.1 Å². The summed E-state index contributed by atoms with van der Waals surface area (Å²) in [5.74, 6) is 0.847. The molecule has 0 spiro atoms. The van der Waals surface area contributed by atoms with Gasteiger partial charge in [-0.15, -0.1) is 5.10 Å². The Bertz CT molecular complexity index is 341. The lowest BCUT2D eigenvalue weighted by Crippen LogP contribution is -2.26. The summed E-state index contributed by atoms with van der Waals surface area (Å²) in [6.45, 7) is 4.99. The minimum Gasteiger partial charge on any atom is -0.369 e. The number of nitrogens with two attached hydrogens (primary N) is 1. The van der Waals surface area contributed by atoms with Crippen LogP contribution in [0.15, 0.2) is 12.3 Å². The molecular weight excluding hydrogens is 202 g/mol. The second-order valence-corrected chi connectivity index (χ2v) is 4.22. The van der Waals surface area contributed by atoms with Gasteiger partial charge in [-0.05, 0) is 12.8 Å². The summed E-state index contributed by atoms with van der Waals surface area (Å²) in [6, 6.07) is 2.33. The summed E-state index contributed by atoms with van der Waals surface area (Å²) in [5.41, 5.74) is 7.00. The van der Waals surface area contributed by atoms with Gasteiger partial charge in [0.05, 0.1) is 11.9 Å². The third-order valence-corrected chi connectivity index (χ3v) is 2.79. The highest BCUT2D eigenvalue weighted by Gasteiger charge is 2.19. The number of anilines is 2. The van der Waals surface area contributed by atoms with Crippen molar-refractivity contribution in [2.24, 2.45) is 5.73 Å². The average molecular weight is 221 g/mol. The van der Waals surface area contributed by atoms with E-state index in [0.717, 1.165) is 44.0 Å². The van der Waals surface area contributed by atoms with Crippen LogP contribution >= 0.6 is 0 Å². The van der Waals surface area contributed by atoms with E-state index < -0.39 is 0 Å². The summed E-state index contributed by atoms with van der Waals surface area (Å²) in [5, 5.41) is 11.3. The quantitative estimate of drug-likeness (QED) is 0.788. The SMILES string of the molecule is CCCNc1cc(N2CC[C@H](N)C2)cnn1. The predicted molar refractivity (Wildman–Crippen MR) is 65.6 cm³/mol. The van der Waals surface area contributed by atoms with Crippen molar-refractivity contribution in [1.29, 1.82) is 0 Å². The fraction of sp³-hybridized carbons (Fsp3) is 0.636. The first-order valence-corrected chi connectivity index (χ1v) is 5.86. The van der Waals surface area contributed by atoms with Crippen LogP contribution in [0.25, 0.3) is 0 Å².